The van der Waals surface area contributed by atoms with Gasteiger partial charge in [-0.25, -0.2) is 9.07 Å². The second-order valence-electron chi connectivity index (χ2n) is 5.05. The third kappa shape index (κ3) is 3.20. The van der Waals surface area contributed by atoms with Crippen LogP contribution in [0.3, 0.4) is 0 Å². The Labute approximate surface area is 143 Å². The van der Waals surface area contributed by atoms with E-state index in [4.69, 9.17) is 11.6 Å². The summed E-state index contributed by atoms with van der Waals surface area (Å²) in [5.74, 6) is -0.618. The van der Waals surface area contributed by atoms with E-state index in [2.05, 4.69) is 17.4 Å². The van der Waals surface area contributed by atoms with E-state index in [1.165, 1.54) is 23.0 Å². The van der Waals surface area contributed by atoms with Gasteiger partial charge in [0.25, 0.3) is 0 Å². The van der Waals surface area contributed by atoms with Crippen molar-refractivity contribution in [3.63, 3.8) is 0 Å². The van der Waals surface area contributed by atoms with Crippen molar-refractivity contribution in [3.8, 4) is 11.1 Å². The van der Waals surface area contributed by atoms with Crippen LogP contribution in [0.1, 0.15) is 16.1 Å². The molecule has 0 aliphatic heterocycles. The summed E-state index contributed by atoms with van der Waals surface area (Å²) in [6.45, 7) is 3.50. The summed E-state index contributed by atoms with van der Waals surface area (Å²) in [5.41, 5.74) is 4.56. The van der Waals surface area contributed by atoms with E-state index in [0.717, 1.165) is 0 Å². The summed E-state index contributed by atoms with van der Waals surface area (Å²) in [7, 11) is 0. The lowest BCUT2D eigenvalue weighted by Crippen LogP contribution is -2.04. The zero-order chi connectivity index (χ0) is 17.1. The van der Waals surface area contributed by atoms with Gasteiger partial charge in [0.05, 0.1) is 6.20 Å². The Hall–Kier alpha value is -2.94. The molecule has 1 aromatic heterocycles. The van der Waals surface area contributed by atoms with Gasteiger partial charge in [0.1, 0.15) is 11.5 Å². The molecule has 0 fully saturated rings. The first-order valence-electron chi connectivity index (χ1n) is 7.10. The number of nitrogens with zero attached hydrogens (tertiary/aromatic N) is 2. The van der Waals surface area contributed by atoms with Gasteiger partial charge in [-0.1, -0.05) is 42.4 Å². The van der Waals surface area contributed by atoms with E-state index >= 15 is 0 Å². The molecule has 2 aromatic carbocycles. The Kier molecular flexibility index (Phi) is 4.43. The average molecular weight is 339 g/mol. The maximum atomic E-state index is 13.2. The molecule has 0 bridgehead atoms. The van der Waals surface area contributed by atoms with Gasteiger partial charge in [-0.3, -0.25) is 4.79 Å². The SMILES string of the molecule is C=C=Cn1cc(-c2ccc(F)cc2)c(C(=O)c2cccc(Cl)c2)n1. The highest BCUT2D eigenvalue weighted by Gasteiger charge is 2.19. The third-order valence-electron chi connectivity index (χ3n) is 3.41. The zero-order valence-electron chi connectivity index (χ0n) is 12.5. The average Bonchev–Trinajstić information content (AvgIpc) is 2.99. The van der Waals surface area contributed by atoms with Crippen LogP contribution in [0.4, 0.5) is 4.39 Å². The van der Waals surface area contributed by atoms with E-state index < -0.39 is 0 Å². The van der Waals surface area contributed by atoms with Gasteiger partial charge in [0.2, 0.25) is 5.78 Å². The van der Waals surface area contributed by atoms with Crippen LogP contribution in [0.2, 0.25) is 5.02 Å². The molecule has 24 heavy (non-hydrogen) atoms. The highest BCUT2D eigenvalue weighted by molar-refractivity contribution is 6.31. The van der Waals surface area contributed by atoms with Crippen molar-refractivity contribution < 1.29 is 9.18 Å². The van der Waals surface area contributed by atoms with Gasteiger partial charge >= 0.3 is 0 Å². The lowest BCUT2D eigenvalue weighted by molar-refractivity contribution is 0.103. The molecule has 3 aromatic rings. The molecule has 0 N–H and O–H groups in total. The van der Waals surface area contributed by atoms with Crippen LogP contribution in [0.5, 0.6) is 0 Å². The molecule has 0 unspecified atom stereocenters. The summed E-state index contributed by atoms with van der Waals surface area (Å²) < 4.78 is 14.6. The number of ketones is 1. The third-order valence-corrected chi connectivity index (χ3v) is 3.65. The lowest BCUT2D eigenvalue weighted by Gasteiger charge is -2.03. The largest absolute Gasteiger partial charge is 0.287 e. The van der Waals surface area contributed by atoms with Crippen LogP contribution in [-0.4, -0.2) is 15.6 Å². The van der Waals surface area contributed by atoms with Crippen molar-refractivity contribution in [2.75, 3.05) is 0 Å². The number of carbonyl (C=O) groups excluding carboxylic acids is 1. The van der Waals surface area contributed by atoms with E-state index in [1.807, 2.05) is 0 Å². The Morgan fingerprint density at radius 3 is 2.67 bits per heavy atom. The van der Waals surface area contributed by atoms with Gasteiger partial charge in [0, 0.05) is 22.3 Å². The quantitative estimate of drug-likeness (QED) is 0.504. The van der Waals surface area contributed by atoms with Gasteiger partial charge in [0.15, 0.2) is 0 Å². The fourth-order valence-corrected chi connectivity index (χ4v) is 2.52. The lowest BCUT2D eigenvalue weighted by atomic mass is 10.0. The summed E-state index contributed by atoms with van der Waals surface area (Å²) in [6.07, 6.45) is 3.17. The Bertz CT molecular complexity index is 954. The highest BCUT2D eigenvalue weighted by atomic mass is 35.5. The number of hydrogen-bond donors (Lipinski definition) is 0. The predicted octanol–water partition coefficient (Wildman–Crippen LogP) is 4.83. The van der Waals surface area contributed by atoms with Crippen molar-refractivity contribution >= 4 is 23.6 Å². The summed E-state index contributed by atoms with van der Waals surface area (Å²) in [5, 5.41) is 4.74. The molecular weight excluding hydrogens is 327 g/mol. The summed E-state index contributed by atoms with van der Waals surface area (Å²) in [4.78, 5) is 12.8. The van der Waals surface area contributed by atoms with E-state index in [9.17, 15) is 9.18 Å². The second-order valence-corrected chi connectivity index (χ2v) is 5.49. The highest BCUT2D eigenvalue weighted by Crippen LogP contribution is 2.26. The molecule has 0 atom stereocenters. The van der Waals surface area contributed by atoms with Crippen LogP contribution in [0, 0.1) is 5.82 Å². The number of aromatic nitrogens is 2. The molecular formula is C19H12ClFN2O. The van der Waals surface area contributed by atoms with Crippen LogP contribution < -0.4 is 0 Å². The summed E-state index contributed by atoms with van der Waals surface area (Å²) in [6, 6.07) is 12.5. The first-order chi connectivity index (χ1) is 11.6. The Morgan fingerprint density at radius 1 is 1.25 bits per heavy atom. The maximum Gasteiger partial charge on any atom is 0.213 e. The van der Waals surface area contributed by atoms with E-state index in [-0.39, 0.29) is 17.3 Å². The molecule has 0 radical (unpaired) electrons. The number of benzene rings is 2. The maximum absolute atomic E-state index is 13.2. The molecule has 0 aliphatic carbocycles. The number of hydrogen-bond acceptors (Lipinski definition) is 2. The summed E-state index contributed by atoms with van der Waals surface area (Å²) >= 11 is 5.96. The van der Waals surface area contributed by atoms with Crippen molar-refractivity contribution in [1.82, 2.24) is 9.78 Å². The number of rotatable bonds is 4. The van der Waals surface area contributed by atoms with Crippen LogP contribution in [0.15, 0.2) is 67.0 Å². The molecule has 0 spiro atoms. The normalized spacial score (nSPS) is 10.2. The first-order valence-corrected chi connectivity index (χ1v) is 7.47. The van der Waals surface area contributed by atoms with Gasteiger partial charge < -0.3 is 0 Å². The molecule has 0 saturated carbocycles. The molecule has 0 aliphatic rings. The minimum Gasteiger partial charge on any atom is -0.287 e. The van der Waals surface area contributed by atoms with E-state index in [0.29, 0.717) is 21.7 Å². The van der Waals surface area contributed by atoms with Gasteiger partial charge in [-0.2, -0.15) is 5.10 Å². The monoisotopic (exact) mass is 338 g/mol. The minimum atomic E-state index is -0.347. The molecule has 118 valence electrons. The predicted molar refractivity (Wildman–Crippen MR) is 92.4 cm³/mol. The molecule has 0 saturated heterocycles. The van der Waals surface area contributed by atoms with Crippen molar-refractivity contribution in [2.45, 2.75) is 0 Å². The van der Waals surface area contributed by atoms with Crippen molar-refractivity contribution in [3.05, 3.63) is 89.1 Å². The Morgan fingerprint density at radius 2 is 2.00 bits per heavy atom. The second kappa shape index (κ2) is 6.67. The van der Waals surface area contributed by atoms with Gasteiger partial charge in [-0.05, 0) is 29.8 Å². The van der Waals surface area contributed by atoms with E-state index in [1.54, 1.807) is 42.6 Å². The van der Waals surface area contributed by atoms with Crippen LogP contribution >= 0.6 is 11.6 Å². The minimum absolute atomic E-state index is 0.246. The molecule has 5 heteroatoms. The fourth-order valence-electron chi connectivity index (χ4n) is 2.33. The van der Waals surface area contributed by atoms with Crippen molar-refractivity contribution in [1.29, 1.82) is 0 Å². The van der Waals surface area contributed by atoms with Crippen molar-refractivity contribution in [2.24, 2.45) is 0 Å². The Balaban J connectivity index is 2.13. The van der Waals surface area contributed by atoms with Gasteiger partial charge in [-0.15, -0.1) is 5.73 Å². The molecule has 3 nitrogen and oxygen atoms in total. The smallest absolute Gasteiger partial charge is 0.213 e. The molecule has 1 heterocycles. The topological polar surface area (TPSA) is 34.9 Å². The molecule has 0 amide bonds. The fraction of sp³-hybridized carbons (Fsp3) is 0. The number of halogens is 2. The zero-order valence-corrected chi connectivity index (χ0v) is 13.3. The van der Waals surface area contributed by atoms with Crippen LogP contribution in [-0.2, 0) is 0 Å². The van der Waals surface area contributed by atoms with Crippen LogP contribution in [0.25, 0.3) is 17.3 Å². The molecule has 3 rings (SSSR count). The first kappa shape index (κ1) is 15.9. The standard InChI is InChI=1S/C19H12ClFN2O/c1-2-10-23-12-17(13-6-8-16(21)9-7-13)18(22-23)19(24)14-4-3-5-15(20)11-14/h3-12H,1H2. The number of carbonyl (C=O) groups is 1.